The fraction of sp³-hybridized carbons (Fsp3) is 0.312. The summed E-state index contributed by atoms with van der Waals surface area (Å²) in [6.45, 7) is 1.18. The van der Waals surface area contributed by atoms with E-state index in [0.29, 0.717) is 47.6 Å². The Morgan fingerprint density at radius 3 is 2.93 bits per heavy atom. The Hall–Kier alpha value is -2.92. The van der Waals surface area contributed by atoms with Crippen LogP contribution in [0.3, 0.4) is 0 Å². The molecule has 0 amide bonds. The zero-order chi connectivity index (χ0) is 18.9. The molecular weight excluding hydrogens is 372 g/mol. The highest BCUT2D eigenvalue weighted by atomic mass is 32.2. The minimum atomic E-state index is -3.36. The number of fused-ring (bicyclic) bond motifs is 1. The van der Waals surface area contributed by atoms with E-state index >= 15 is 0 Å². The number of hydrogen-bond acceptors (Lipinski definition) is 8. The van der Waals surface area contributed by atoms with Gasteiger partial charge >= 0.3 is 0 Å². The molecule has 0 radical (unpaired) electrons. The van der Waals surface area contributed by atoms with Crippen LogP contribution in [-0.2, 0) is 14.8 Å². The van der Waals surface area contributed by atoms with Crippen molar-refractivity contribution in [1.82, 2.24) is 19.9 Å². The average Bonchev–Trinajstić information content (AvgIpc) is 3.25. The number of nitrogens with one attached hydrogen (secondary N) is 3. The first kappa shape index (κ1) is 17.5. The predicted octanol–water partition coefficient (Wildman–Crippen LogP) is 1.64. The van der Waals surface area contributed by atoms with Gasteiger partial charge in [-0.05, 0) is 18.2 Å². The van der Waals surface area contributed by atoms with Crippen LogP contribution in [0.15, 0.2) is 30.6 Å². The monoisotopic (exact) mass is 390 g/mol. The summed E-state index contributed by atoms with van der Waals surface area (Å²) in [5.41, 5.74) is 2.13. The number of rotatable bonds is 6. The molecule has 4 rings (SSSR count). The van der Waals surface area contributed by atoms with Crippen molar-refractivity contribution in [3.63, 3.8) is 0 Å². The van der Waals surface area contributed by atoms with Gasteiger partial charge in [-0.25, -0.2) is 13.4 Å². The Kier molecular flexibility index (Phi) is 4.54. The first-order valence-electron chi connectivity index (χ1n) is 8.27. The van der Waals surface area contributed by atoms with Crippen molar-refractivity contribution in [2.75, 3.05) is 29.5 Å². The van der Waals surface area contributed by atoms with Gasteiger partial charge in [-0.1, -0.05) is 6.07 Å². The molecule has 3 N–H and O–H groups in total. The molecule has 1 unspecified atom stereocenters. The molecular formula is C16H18N6O4S. The number of H-pyrrole nitrogens is 1. The van der Waals surface area contributed by atoms with Gasteiger partial charge in [0.15, 0.2) is 5.65 Å². The van der Waals surface area contributed by atoms with Crippen molar-refractivity contribution in [3.8, 4) is 5.88 Å². The van der Waals surface area contributed by atoms with Gasteiger partial charge in [0.05, 0.1) is 31.5 Å². The topological polar surface area (TPSA) is 131 Å². The first-order valence-corrected chi connectivity index (χ1v) is 10.2. The summed E-state index contributed by atoms with van der Waals surface area (Å²) in [6, 6.07) is 6.79. The van der Waals surface area contributed by atoms with Gasteiger partial charge < -0.3 is 19.8 Å². The summed E-state index contributed by atoms with van der Waals surface area (Å²) < 4.78 is 36.5. The van der Waals surface area contributed by atoms with Gasteiger partial charge in [0.25, 0.3) is 0 Å². The molecule has 0 saturated carbocycles. The van der Waals surface area contributed by atoms with Gasteiger partial charge in [-0.15, -0.1) is 0 Å². The van der Waals surface area contributed by atoms with Crippen LogP contribution in [0.2, 0.25) is 0 Å². The molecule has 1 aliphatic heterocycles. The Labute approximate surface area is 155 Å². The van der Waals surface area contributed by atoms with Crippen LogP contribution in [0.4, 0.5) is 17.3 Å². The third kappa shape index (κ3) is 4.26. The van der Waals surface area contributed by atoms with Crippen molar-refractivity contribution in [1.29, 1.82) is 0 Å². The minimum Gasteiger partial charge on any atom is -0.470 e. The molecule has 1 aromatic carbocycles. The molecule has 1 saturated heterocycles. The maximum atomic E-state index is 11.4. The molecule has 2 aromatic heterocycles. The number of hydrogen-bond donors (Lipinski definition) is 3. The number of ether oxygens (including phenoxy) is 2. The lowest BCUT2D eigenvalue weighted by Crippen LogP contribution is -2.17. The Balaban J connectivity index is 1.61. The third-order valence-corrected chi connectivity index (χ3v) is 4.45. The van der Waals surface area contributed by atoms with E-state index in [1.165, 1.54) is 6.33 Å². The van der Waals surface area contributed by atoms with Gasteiger partial charge in [-0.3, -0.25) is 4.72 Å². The molecule has 1 atom stereocenters. The van der Waals surface area contributed by atoms with E-state index in [9.17, 15) is 8.42 Å². The molecule has 27 heavy (non-hydrogen) atoms. The molecule has 0 bridgehead atoms. The normalized spacial score (nSPS) is 17.1. The highest BCUT2D eigenvalue weighted by Crippen LogP contribution is 2.26. The summed E-state index contributed by atoms with van der Waals surface area (Å²) in [6.07, 6.45) is 3.35. The lowest BCUT2D eigenvalue weighted by Gasteiger charge is -2.13. The van der Waals surface area contributed by atoms with Crippen LogP contribution in [0.1, 0.15) is 6.42 Å². The van der Waals surface area contributed by atoms with Crippen molar-refractivity contribution < 1.29 is 17.9 Å². The molecule has 142 valence electrons. The minimum absolute atomic E-state index is 0.0680. The quantitative estimate of drug-likeness (QED) is 0.579. The van der Waals surface area contributed by atoms with E-state index in [1.807, 2.05) is 0 Å². The Bertz CT molecular complexity index is 1060. The lowest BCUT2D eigenvalue weighted by atomic mass is 10.3. The fourth-order valence-corrected chi connectivity index (χ4v) is 3.27. The number of sulfonamides is 1. The number of aromatic amines is 1. The molecule has 11 heteroatoms. The lowest BCUT2D eigenvalue weighted by molar-refractivity contribution is 0.139. The first-order chi connectivity index (χ1) is 13.0. The SMILES string of the molecule is CS(=O)(=O)Nc1cccc(Nc2nc(OC3CCOC3)c3[nH]cnc3n2)c1. The number of aromatic nitrogens is 4. The number of benzene rings is 1. The smallest absolute Gasteiger partial charge is 0.245 e. The van der Waals surface area contributed by atoms with Crippen LogP contribution < -0.4 is 14.8 Å². The fourth-order valence-electron chi connectivity index (χ4n) is 2.72. The van der Waals surface area contributed by atoms with Crippen LogP contribution in [0.5, 0.6) is 5.88 Å². The summed E-state index contributed by atoms with van der Waals surface area (Å²) in [4.78, 5) is 15.9. The molecule has 1 aliphatic rings. The van der Waals surface area contributed by atoms with E-state index in [1.54, 1.807) is 24.3 Å². The summed E-state index contributed by atoms with van der Waals surface area (Å²) in [5, 5.41) is 3.06. The van der Waals surface area contributed by atoms with Crippen molar-refractivity contribution in [2.45, 2.75) is 12.5 Å². The van der Waals surface area contributed by atoms with Gasteiger partial charge in [0.2, 0.25) is 21.9 Å². The summed E-state index contributed by atoms with van der Waals surface area (Å²) >= 11 is 0. The summed E-state index contributed by atoms with van der Waals surface area (Å²) in [5.74, 6) is 0.681. The van der Waals surface area contributed by atoms with E-state index < -0.39 is 10.0 Å². The standard InChI is InChI=1S/C16H18N6O4S/c1-27(23,24)22-11-4-2-3-10(7-11)19-16-20-14-13(17-9-18-14)15(21-16)26-12-5-6-25-8-12/h2-4,7,9,12,22H,5-6,8H2,1H3,(H2,17,18,19,20,21). The molecule has 0 spiro atoms. The molecule has 3 aromatic rings. The highest BCUT2D eigenvalue weighted by molar-refractivity contribution is 7.92. The Morgan fingerprint density at radius 1 is 1.30 bits per heavy atom. The molecule has 0 aliphatic carbocycles. The van der Waals surface area contributed by atoms with Crippen LogP contribution in [0.25, 0.3) is 11.2 Å². The maximum Gasteiger partial charge on any atom is 0.245 e. The molecule has 10 nitrogen and oxygen atoms in total. The average molecular weight is 390 g/mol. The number of anilines is 3. The molecule has 1 fully saturated rings. The highest BCUT2D eigenvalue weighted by Gasteiger charge is 2.21. The van der Waals surface area contributed by atoms with Gasteiger partial charge in [0.1, 0.15) is 11.6 Å². The largest absolute Gasteiger partial charge is 0.470 e. The van der Waals surface area contributed by atoms with Crippen molar-refractivity contribution in [3.05, 3.63) is 30.6 Å². The van der Waals surface area contributed by atoms with Crippen LogP contribution in [-0.4, -0.2) is 53.9 Å². The maximum absolute atomic E-state index is 11.4. The zero-order valence-corrected chi connectivity index (χ0v) is 15.3. The van der Waals surface area contributed by atoms with Crippen LogP contribution in [0, 0.1) is 0 Å². The third-order valence-electron chi connectivity index (χ3n) is 3.84. The number of nitrogens with zero attached hydrogens (tertiary/aromatic N) is 3. The second-order valence-corrected chi connectivity index (χ2v) is 7.89. The van der Waals surface area contributed by atoms with Gasteiger partial charge in [0, 0.05) is 12.1 Å². The predicted molar refractivity (Wildman–Crippen MR) is 99.7 cm³/mol. The van der Waals surface area contributed by atoms with Crippen molar-refractivity contribution in [2.24, 2.45) is 0 Å². The van der Waals surface area contributed by atoms with E-state index in [0.717, 1.165) is 12.7 Å². The Morgan fingerprint density at radius 2 is 2.15 bits per heavy atom. The summed E-state index contributed by atoms with van der Waals surface area (Å²) in [7, 11) is -3.36. The zero-order valence-electron chi connectivity index (χ0n) is 14.5. The van der Waals surface area contributed by atoms with Gasteiger partial charge in [-0.2, -0.15) is 9.97 Å². The van der Waals surface area contributed by atoms with Crippen molar-refractivity contribution >= 4 is 38.5 Å². The van der Waals surface area contributed by atoms with Crippen LogP contribution >= 0.6 is 0 Å². The second kappa shape index (κ2) is 7.00. The van der Waals surface area contributed by atoms with E-state index in [-0.39, 0.29) is 6.10 Å². The van der Waals surface area contributed by atoms with E-state index in [4.69, 9.17) is 9.47 Å². The molecule has 3 heterocycles. The number of imidazole rings is 1. The second-order valence-electron chi connectivity index (χ2n) is 6.14. The van der Waals surface area contributed by atoms with E-state index in [2.05, 4.69) is 30.0 Å².